The molecule has 4 rings (SSSR count). The van der Waals surface area contributed by atoms with Gasteiger partial charge in [0.1, 0.15) is 5.54 Å². The summed E-state index contributed by atoms with van der Waals surface area (Å²) < 4.78 is 0. The monoisotopic (exact) mass is 259 g/mol. The molecule has 4 saturated carbocycles. The van der Waals surface area contributed by atoms with E-state index in [9.17, 15) is 5.26 Å². The van der Waals surface area contributed by atoms with Crippen LogP contribution in [0.5, 0.6) is 0 Å². The van der Waals surface area contributed by atoms with E-state index in [1.165, 1.54) is 51.5 Å². The fourth-order valence-corrected chi connectivity index (χ4v) is 3.79. The quantitative estimate of drug-likeness (QED) is 0.796. The van der Waals surface area contributed by atoms with E-state index < -0.39 is 0 Å². The van der Waals surface area contributed by atoms with Gasteiger partial charge in [-0.3, -0.25) is 10.2 Å². The molecule has 0 spiro atoms. The zero-order valence-corrected chi connectivity index (χ0v) is 11.8. The topological polar surface area (TPSA) is 39.1 Å². The molecule has 1 N–H and O–H groups in total. The first-order valence-corrected chi connectivity index (χ1v) is 8.23. The maximum Gasteiger partial charge on any atom is 0.108 e. The lowest BCUT2D eigenvalue weighted by Gasteiger charge is -2.30. The molecule has 2 unspecified atom stereocenters. The largest absolute Gasteiger partial charge is 0.297 e. The van der Waals surface area contributed by atoms with Crippen molar-refractivity contribution in [3.8, 4) is 6.07 Å². The third-order valence-electron chi connectivity index (χ3n) is 5.41. The molecule has 104 valence electrons. The van der Waals surface area contributed by atoms with E-state index in [1.807, 2.05) is 0 Å². The lowest BCUT2D eigenvalue weighted by atomic mass is 9.99. The van der Waals surface area contributed by atoms with Gasteiger partial charge in [0.2, 0.25) is 0 Å². The van der Waals surface area contributed by atoms with Gasteiger partial charge in [-0.1, -0.05) is 0 Å². The van der Waals surface area contributed by atoms with Gasteiger partial charge in [0.25, 0.3) is 0 Å². The molecule has 2 atom stereocenters. The molecule has 0 amide bonds. The Kier molecular flexibility index (Phi) is 2.86. The second kappa shape index (κ2) is 4.46. The van der Waals surface area contributed by atoms with Crippen LogP contribution in [0.4, 0.5) is 0 Å². The molecule has 0 heterocycles. The van der Waals surface area contributed by atoms with Crippen molar-refractivity contribution in [3.63, 3.8) is 0 Å². The summed E-state index contributed by atoms with van der Waals surface area (Å²) in [6, 6.07) is 4.82. The van der Waals surface area contributed by atoms with Gasteiger partial charge in [-0.2, -0.15) is 5.26 Å². The molecule has 3 heteroatoms. The standard InChI is InChI=1S/C16H25N3/c17-11-16(18-13-3-4-13)8-7-15(9-16)19(14-5-6-14)10-12-1-2-12/h12-15,18H,1-10H2. The van der Waals surface area contributed by atoms with Crippen molar-refractivity contribution in [3.05, 3.63) is 0 Å². The van der Waals surface area contributed by atoms with Crippen molar-refractivity contribution in [1.29, 1.82) is 5.26 Å². The van der Waals surface area contributed by atoms with E-state index in [0.29, 0.717) is 12.1 Å². The Morgan fingerprint density at radius 1 is 1.05 bits per heavy atom. The summed E-state index contributed by atoms with van der Waals surface area (Å²) in [6.07, 6.45) is 11.6. The van der Waals surface area contributed by atoms with E-state index >= 15 is 0 Å². The Balaban J connectivity index is 1.42. The average molecular weight is 259 g/mol. The number of rotatable bonds is 6. The molecule has 19 heavy (non-hydrogen) atoms. The number of hydrogen-bond acceptors (Lipinski definition) is 3. The zero-order valence-electron chi connectivity index (χ0n) is 11.8. The predicted molar refractivity (Wildman–Crippen MR) is 74.6 cm³/mol. The summed E-state index contributed by atoms with van der Waals surface area (Å²) in [7, 11) is 0. The average Bonchev–Trinajstić information content (AvgIpc) is 3.22. The zero-order chi connectivity index (χ0) is 12.9. The molecular weight excluding hydrogens is 234 g/mol. The third-order valence-corrected chi connectivity index (χ3v) is 5.41. The van der Waals surface area contributed by atoms with Crippen LogP contribution < -0.4 is 5.32 Å². The van der Waals surface area contributed by atoms with E-state index in [4.69, 9.17) is 0 Å². The van der Waals surface area contributed by atoms with Crippen LogP contribution in [0, 0.1) is 17.2 Å². The van der Waals surface area contributed by atoms with Gasteiger partial charge in [0.05, 0.1) is 6.07 Å². The minimum Gasteiger partial charge on any atom is -0.297 e. The summed E-state index contributed by atoms with van der Waals surface area (Å²) in [5.41, 5.74) is -0.192. The van der Waals surface area contributed by atoms with Crippen LogP contribution in [-0.4, -0.2) is 35.1 Å². The van der Waals surface area contributed by atoms with Crippen molar-refractivity contribution < 1.29 is 0 Å². The second-order valence-corrected chi connectivity index (χ2v) is 7.38. The van der Waals surface area contributed by atoms with Crippen LogP contribution in [0.3, 0.4) is 0 Å². The summed E-state index contributed by atoms with van der Waals surface area (Å²) in [4.78, 5) is 2.78. The smallest absolute Gasteiger partial charge is 0.108 e. The van der Waals surface area contributed by atoms with Gasteiger partial charge in [0.15, 0.2) is 0 Å². The van der Waals surface area contributed by atoms with Crippen molar-refractivity contribution in [2.24, 2.45) is 5.92 Å². The lowest BCUT2D eigenvalue weighted by molar-refractivity contribution is 0.174. The predicted octanol–water partition coefficient (Wildman–Crippen LogP) is 2.43. The van der Waals surface area contributed by atoms with Crippen molar-refractivity contribution in [2.75, 3.05) is 6.54 Å². The molecule has 4 aliphatic rings. The number of nitrogens with one attached hydrogen (secondary N) is 1. The van der Waals surface area contributed by atoms with Gasteiger partial charge in [-0.25, -0.2) is 0 Å². The molecule has 3 nitrogen and oxygen atoms in total. The molecule has 0 saturated heterocycles. The Morgan fingerprint density at radius 3 is 2.42 bits per heavy atom. The molecule has 0 aliphatic heterocycles. The third kappa shape index (κ3) is 2.66. The van der Waals surface area contributed by atoms with E-state index in [-0.39, 0.29) is 5.54 Å². The SMILES string of the molecule is N#CC1(NC2CC2)CCC(N(CC2CC2)C2CC2)C1. The first kappa shape index (κ1) is 12.2. The first-order valence-electron chi connectivity index (χ1n) is 8.23. The summed E-state index contributed by atoms with van der Waals surface area (Å²) >= 11 is 0. The van der Waals surface area contributed by atoms with Crippen LogP contribution in [0.15, 0.2) is 0 Å². The molecule has 0 aromatic heterocycles. The molecule has 0 aromatic carbocycles. The second-order valence-electron chi connectivity index (χ2n) is 7.38. The summed E-state index contributed by atoms with van der Waals surface area (Å²) in [5.74, 6) is 0.981. The number of nitrogens with zero attached hydrogens (tertiary/aromatic N) is 2. The normalized spacial score (nSPS) is 38.6. The maximum atomic E-state index is 9.61. The first-order chi connectivity index (χ1) is 9.28. The fraction of sp³-hybridized carbons (Fsp3) is 0.938. The van der Waals surface area contributed by atoms with Gasteiger partial charge >= 0.3 is 0 Å². The van der Waals surface area contributed by atoms with Crippen LogP contribution in [-0.2, 0) is 0 Å². The molecular formula is C16H25N3. The summed E-state index contributed by atoms with van der Waals surface area (Å²) in [6.45, 7) is 1.32. The molecule has 4 fully saturated rings. The van der Waals surface area contributed by atoms with Crippen LogP contribution in [0.25, 0.3) is 0 Å². The highest BCUT2D eigenvalue weighted by atomic mass is 15.2. The van der Waals surface area contributed by atoms with Gasteiger partial charge in [-0.05, 0) is 63.7 Å². The fourth-order valence-electron chi connectivity index (χ4n) is 3.79. The van der Waals surface area contributed by atoms with E-state index in [2.05, 4.69) is 16.3 Å². The lowest BCUT2D eigenvalue weighted by Crippen LogP contribution is -2.45. The van der Waals surface area contributed by atoms with Crippen LogP contribution >= 0.6 is 0 Å². The minimum atomic E-state index is -0.192. The summed E-state index contributed by atoms with van der Waals surface area (Å²) in [5, 5.41) is 13.3. The van der Waals surface area contributed by atoms with E-state index in [0.717, 1.165) is 24.8 Å². The van der Waals surface area contributed by atoms with Crippen molar-refractivity contribution in [1.82, 2.24) is 10.2 Å². The maximum absolute atomic E-state index is 9.61. The molecule has 0 bridgehead atoms. The van der Waals surface area contributed by atoms with Crippen molar-refractivity contribution in [2.45, 2.75) is 81.5 Å². The molecule has 0 radical (unpaired) electrons. The highest BCUT2D eigenvalue weighted by molar-refractivity contribution is 5.16. The Labute approximate surface area is 116 Å². The highest BCUT2D eigenvalue weighted by Gasteiger charge is 2.47. The van der Waals surface area contributed by atoms with Crippen molar-refractivity contribution >= 4 is 0 Å². The Bertz CT molecular complexity index is 389. The number of nitriles is 1. The van der Waals surface area contributed by atoms with Gasteiger partial charge < -0.3 is 0 Å². The Hall–Kier alpha value is -0.590. The van der Waals surface area contributed by atoms with Crippen LogP contribution in [0.1, 0.15) is 57.8 Å². The number of hydrogen-bond donors (Lipinski definition) is 1. The highest BCUT2D eigenvalue weighted by Crippen LogP contribution is 2.42. The van der Waals surface area contributed by atoms with Gasteiger partial charge in [0, 0.05) is 24.7 Å². The van der Waals surface area contributed by atoms with Crippen LogP contribution in [0.2, 0.25) is 0 Å². The minimum absolute atomic E-state index is 0.192. The van der Waals surface area contributed by atoms with E-state index in [1.54, 1.807) is 0 Å². The van der Waals surface area contributed by atoms with Gasteiger partial charge in [-0.15, -0.1) is 0 Å². The Morgan fingerprint density at radius 2 is 1.84 bits per heavy atom. The molecule has 0 aromatic rings. The molecule has 4 aliphatic carbocycles.